The molecular formula is C8H11O7P. The van der Waals surface area contributed by atoms with E-state index in [4.69, 9.17) is 5.26 Å². The van der Waals surface area contributed by atoms with Gasteiger partial charge >= 0.3 is 19.8 Å². The third kappa shape index (κ3) is 4.39. The Labute approximate surface area is 91.9 Å². The van der Waals surface area contributed by atoms with Crippen LogP contribution in [0.15, 0.2) is 24.3 Å². The smallest absolute Gasteiger partial charge is 0.356 e. The Morgan fingerprint density at radius 1 is 1.06 bits per heavy atom. The van der Waals surface area contributed by atoms with Gasteiger partial charge < -0.3 is 9.05 Å². The summed E-state index contributed by atoms with van der Waals surface area (Å²) in [4.78, 5) is 21.9. The lowest BCUT2D eigenvalue weighted by molar-refractivity contribution is -0.173. The van der Waals surface area contributed by atoms with Gasteiger partial charge in [-0.05, 0) is 13.8 Å². The first kappa shape index (κ1) is 14.6. The second-order valence-corrected chi connectivity index (χ2v) is 4.27. The first-order chi connectivity index (χ1) is 7.22. The number of carbonyl (C=O) groups excluding carboxylic acids is 2. The minimum atomic E-state index is -4.69. The van der Waals surface area contributed by atoms with Crippen LogP contribution in [0.5, 0.6) is 0 Å². The minimum absolute atomic E-state index is 0.108. The number of phosphoric ester groups is 1. The zero-order valence-corrected chi connectivity index (χ0v) is 9.65. The fourth-order valence-corrected chi connectivity index (χ4v) is 1.23. The van der Waals surface area contributed by atoms with Gasteiger partial charge in [-0.25, -0.2) is 19.4 Å². The summed E-state index contributed by atoms with van der Waals surface area (Å²) in [7, 11) is -4.69. The van der Waals surface area contributed by atoms with Gasteiger partial charge in [0.1, 0.15) is 0 Å². The van der Waals surface area contributed by atoms with E-state index >= 15 is 0 Å². The Balaban J connectivity index is 4.74. The molecule has 0 aliphatic carbocycles. The molecule has 90 valence electrons. The molecule has 0 spiro atoms. The van der Waals surface area contributed by atoms with Crippen LogP contribution in [0.3, 0.4) is 0 Å². The molecule has 0 unspecified atom stereocenters. The van der Waals surface area contributed by atoms with Crippen molar-refractivity contribution >= 4 is 19.8 Å². The maximum Gasteiger partial charge on any atom is 0.620 e. The minimum Gasteiger partial charge on any atom is -0.356 e. The molecule has 0 bridgehead atoms. The van der Waals surface area contributed by atoms with E-state index < -0.39 is 19.8 Å². The molecule has 0 aliphatic heterocycles. The average molecular weight is 250 g/mol. The Morgan fingerprint density at radius 3 is 1.56 bits per heavy atom. The van der Waals surface area contributed by atoms with Crippen molar-refractivity contribution in [2.24, 2.45) is 0 Å². The van der Waals surface area contributed by atoms with Gasteiger partial charge in [-0.1, -0.05) is 13.2 Å². The first-order valence-electron chi connectivity index (χ1n) is 3.94. The molecular weight excluding hydrogens is 239 g/mol. The first-order valence-corrected chi connectivity index (χ1v) is 5.40. The lowest BCUT2D eigenvalue weighted by atomic mass is 10.4. The SMILES string of the molecule is C=C(C)C(=O)OP(=O)(OO)OC(=O)C(=C)C. The standard InChI is InChI=1S/C8H11O7P/c1-5(2)7(9)13-16(12,15-11)14-8(10)6(3)4/h11H,1,3H2,2,4H3. The summed E-state index contributed by atoms with van der Waals surface area (Å²) in [5.41, 5.74) is -0.215. The van der Waals surface area contributed by atoms with Gasteiger partial charge in [-0.2, -0.15) is 0 Å². The maximum atomic E-state index is 11.4. The van der Waals surface area contributed by atoms with E-state index in [0.717, 1.165) is 0 Å². The fourth-order valence-electron chi connectivity index (χ4n) is 0.411. The Kier molecular flexibility index (Phi) is 5.10. The van der Waals surface area contributed by atoms with Gasteiger partial charge in [0.25, 0.3) is 0 Å². The highest BCUT2D eigenvalue weighted by atomic mass is 31.2. The van der Waals surface area contributed by atoms with Crippen LogP contribution < -0.4 is 0 Å². The lowest BCUT2D eigenvalue weighted by Gasteiger charge is -2.12. The summed E-state index contributed by atoms with van der Waals surface area (Å²) in [6, 6.07) is 0. The molecule has 0 aromatic rings. The average Bonchev–Trinajstić information content (AvgIpc) is 2.17. The molecule has 0 fully saturated rings. The number of phosphoric acid groups is 1. The van der Waals surface area contributed by atoms with Crippen LogP contribution in [0, 0.1) is 0 Å². The van der Waals surface area contributed by atoms with Gasteiger partial charge in [0.2, 0.25) is 0 Å². The third-order valence-electron chi connectivity index (χ3n) is 1.19. The summed E-state index contributed by atoms with van der Waals surface area (Å²) in [6.07, 6.45) is 0. The van der Waals surface area contributed by atoms with Crippen LogP contribution in [0.4, 0.5) is 0 Å². The van der Waals surface area contributed by atoms with Gasteiger partial charge in [0.05, 0.1) is 0 Å². The highest BCUT2D eigenvalue weighted by molar-refractivity contribution is 7.49. The van der Waals surface area contributed by atoms with E-state index in [1.54, 1.807) is 0 Å². The van der Waals surface area contributed by atoms with Crippen molar-refractivity contribution in [1.29, 1.82) is 0 Å². The Morgan fingerprint density at radius 2 is 1.38 bits per heavy atom. The highest BCUT2D eigenvalue weighted by Gasteiger charge is 2.36. The molecule has 0 aromatic heterocycles. The van der Waals surface area contributed by atoms with Crippen LogP contribution in [-0.4, -0.2) is 17.2 Å². The van der Waals surface area contributed by atoms with Crippen molar-refractivity contribution in [3.63, 3.8) is 0 Å². The van der Waals surface area contributed by atoms with E-state index in [1.807, 2.05) is 0 Å². The predicted octanol–water partition coefficient (Wildman–Crippen LogP) is 1.82. The molecule has 0 saturated heterocycles. The Hall–Kier alpha value is -1.43. The van der Waals surface area contributed by atoms with Crippen LogP contribution in [0.1, 0.15) is 13.8 Å². The molecule has 0 radical (unpaired) electrons. The molecule has 7 nitrogen and oxygen atoms in total. The zero-order valence-electron chi connectivity index (χ0n) is 8.76. The maximum absolute atomic E-state index is 11.4. The molecule has 0 saturated carbocycles. The van der Waals surface area contributed by atoms with E-state index in [9.17, 15) is 14.2 Å². The topological polar surface area (TPSA) is 99.1 Å². The molecule has 1 N–H and O–H groups in total. The third-order valence-corrected chi connectivity index (χ3v) is 2.17. The normalized spacial score (nSPS) is 10.4. The van der Waals surface area contributed by atoms with Crippen LogP contribution >= 0.6 is 7.82 Å². The van der Waals surface area contributed by atoms with Crippen molar-refractivity contribution in [2.45, 2.75) is 13.8 Å². The molecule has 0 aliphatic rings. The fraction of sp³-hybridized carbons (Fsp3) is 0.250. The highest BCUT2D eigenvalue weighted by Crippen LogP contribution is 2.49. The van der Waals surface area contributed by atoms with Crippen molar-refractivity contribution in [2.75, 3.05) is 0 Å². The monoisotopic (exact) mass is 250 g/mol. The molecule has 16 heavy (non-hydrogen) atoms. The van der Waals surface area contributed by atoms with Crippen molar-refractivity contribution in [1.82, 2.24) is 0 Å². The van der Waals surface area contributed by atoms with Gasteiger partial charge in [0.15, 0.2) is 0 Å². The summed E-state index contributed by atoms with van der Waals surface area (Å²) in [5.74, 6) is -2.27. The predicted molar refractivity (Wildman–Crippen MR) is 53.1 cm³/mol. The molecule has 0 aromatic carbocycles. The molecule has 0 amide bonds. The summed E-state index contributed by atoms with van der Waals surface area (Å²) in [5, 5.41) is 8.27. The van der Waals surface area contributed by atoms with Crippen LogP contribution in [-0.2, 0) is 27.9 Å². The van der Waals surface area contributed by atoms with E-state index in [-0.39, 0.29) is 11.1 Å². The van der Waals surface area contributed by atoms with E-state index in [2.05, 4.69) is 26.9 Å². The second kappa shape index (κ2) is 5.60. The van der Waals surface area contributed by atoms with E-state index in [1.165, 1.54) is 13.8 Å². The molecule has 8 heteroatoms. The van der Waals surface area contributed by atoms with Crippen LogP contribution in [0.25, 0.3) is 0 Å². The summed E-state index contributed by atoms with van der Waals surface area (Å²) < 4.78 is 23.0. The van der Waals surface area contributed by atoms with Gasteiger partial charge in [-0.15, -0.1) is 4.67 Å². The second-order valence-electron chi connectivity index (χ2n) is 2.85. The number of carbonyl (C=O) groups is 2. The molecule has 0 heterocycles. The van der Waals surface area contributed by atoms with Crippen molar-refractivity contribution in [3.8, 4) is 0 Å². The van der Waals surface area contributed by atoms with Gasteiger partial charge in [0, 0.05) is 11.1 Å². The zero-order chi connectivity index (χ0) is 12.9. The summed E-state index contributed by atoms with van der Waals surface area (Å²) >= 11 is 0. The van der Waals surface area contributed by atoms with Crippen molar-refractivity contribution in [3.05, 3.63) is 24.3 Å². The number of hydrogen-bond acceptors (Lipinski definition) is 7. The Bertz CT molecular complexity index is 352. The van der Waals surface area contributed by atoms with E-state index in [0.29, 0.717) is 0 Å². The molecule has 0 rings (SSSR count). The van der Waals surface area contributed by atoms with Crippen molar-refractivity contribution < 1.29 is 33.1 Å². The molecule has 0 atom stereocenters. The quantitative estimate of drug-likeness (QED) is 0.344. The summed E-state index contributed by atoms with van der Waals surface area (Å²) in [6.45, 7) is 8.93. The van der Waals surface area contributed by atoms with Crippen LogP contribution in [0.2, 0.25) is 0 Å². The van der Waals surface area contributed by atoms with Gasteiger partial charge in [-0.3, -0.25) is 0 Å². The number of hydrogen-bond donors (Lipinski definition) is 1. The number of rotatable bonds is 5. The largest absolute Gasteiger partial charge is 0.620 e. The lowest BCUT2D eigenvalue weighted by Crippen LogP contribution is -2.10.